The quantitative estimate of drug-likeness (QED) is 0.444. The molecular weight excluding hydrogens is 408 g/mol. The summed E-state index contributed by atoms with van der Waals surface area (Å²) in [6.07, 6.45) is 0.646. The van der Waals surface area contributed by atoms with Crippen LogP contribution in [0.1, 0.15) is 23.4 Å². The van der Waals surface area contributed by atoms with E-state index >= 15 is 0 Å². The van der Waals surface area contributed by atoms with Crippen molar-refractivity contribution in [2.75, 3.05) is 7.11 Å². The van der Waals surface area contributed by atoms with Crippen molar-refractivity contribution in [1.82, 2.24) is 35.2 Å². The molecule has 11 heteroatoms. The molecule has 0 fully saturated rings. The summed E-state index contributed by atoms with van der Waals surface area (Å²) in [4.78, 5) is 8.08. The molecule has 0 aliphatic heterocycles. The highest BCUT2D eigenvalue weighted by atomic mass is 19.3. The van der Waals surface area contributed by atoms with Gasteiger partial charge in [-0.2, -0.15) is 0 Å². The summed E-state index contributed by atoms with van der Waals surface area (Å²) in [5, 5.41) is 16.3. The predicted octanol–water partition coefficient (Wildman–Crippen LogP) is 3.35. The van der Waals surface area contributed by atoms with Crippen molar-refractivity contribution < 1.29 is 18.3 Å². The third-order valence-corrected chi connectivity index (χ3v) is 4.45. The molecule has 4 aromatic rings. The van der Waals surface area contributed by atoms with Crippen LogP contribution in [-0.2, 0) is 6.61 Å². The predicted molar refractivity (Wildman–Crippen MR) is 105 cm³/mol. The lowest BCUT2D eigenvalue weighted by molar-refractivity contribution is 0.151. The number of benzene rings is 1. The molecule has 0 aliphatic carbocycles. The number of methoxy groups -OCH3 is 1. The molecule has 0 N–H and O–H groups in total. The van der Waals surface area contributed by atoms with Crippen LogP contribution in [0.5, 0.6) is 11.9 Å². The van der Waals surface area contributed by atoms with Gasteiger partial charge in [-0.15, -0.1) is 15.3 Å². The first-order valence-corrected chi connectivity index (χ1v) is 9.17. The number of alkyl halides is 2. The van der Waals surface area contributed by atoms with Crippen molar-refractivity contribution in [3.63, 3.8) is 0 Å². The molecule has 0 spiro atoms. The number of hydrogen-bond acceptors (Lipinski definition) is 8. The Bertz CT molecular complexity index is 1150. The Labute approximate surface area is 175 Å². The third kappa shape index (κ3) is 4.44. The average molecular weight is 425 g/mol. The van der Waals surface area contributed by atoms with Gasteiger partial charge in [-0.3, -0.25) is 0 Å². The second-order valence-electron chi connectivity index (χ2n) is 6.43. The molecular formula is C20H17F2N7O2. The van der Waals surface area contributed by atoms with E-state index in [4.69, 9.17) is 9.47 Å². The average Bonchev–Trinajstić information content (AvgIpc) is 3.18. The second-order valence-corrected chi connectivity index (χ2v) is 6.43. The SMILES string of the molecule is COc1ncc(-c2ccc(OCc3c(C)nnn3-c3ccc(C(F)F)cc3)nn2)cn1. The largest absolute Gasteiger partial charge is 0.470 e. The van der Waals surface area contributed by atoms with Crippen LogP contribution < -0.4 is 9.47 Å². The standard InChI is InChI=1S/C20H17F2N7O2/c1-12-17(29(28-25-12)15-5-3-13(4-6-15)19(21)22)11-31-18-8-7-16(26-27-18)14-9-23-20(30-2)24-10-14/h3-10,19H,11H2,1-2H3. The van der Waals surface area contributed by atoms with Crippen LogP contribution in [0.4, 0.5) is 8.78 Å². The fraction of sp³-hybridized carbons (Fsp3) is 0.200. The molecule has 0 bridgehead atoms. The van der Waals surface area contributed by atoms with Crippen LogP contribution in [0.25, 0.3) is 16.9 Å². The third-order valence-electron chi connectivity index (χ3n) is 4.45. The molecule has 0 radical (unpaired) electrons. The zero-order valence-electron chi connectivity index (χ0n) is 16.6. The van der Waals surface area contributed by atoms with Gasteiger partial charge in [0, 0.05) is 29.6 Å². The summed E-state index contributed by atoms with van der Waals surface area (Å²) in [6, 6.07) is 9.51. The van der Waals surface area contributed by atoms with E-state index in [0.717, 1.165) is 0 Å². The van der Waals surface area contributed by atoms with Crippen molar-refractivity contribution >= 4 is 0 Å². The maximum atomic E-state index is 12.8. The number of ether oxygens (including phenoxy) is 2. The minimum atomic E-state index is -2.53. The van der Waals surface area contributed by atoms with Crippen molar-refractivity contribution in [1.29, 1.82) is 0 Å². The molecule has 31 heavy (non-hydrogen) atoms. The minimum Gasteiger partial charge on any atom is -0.470 e. The van der Waals surface area contributed by atoms with Crippen LogP contribution in [-0.4, -0.2) is 42.3 Å². The summed E-state index contributed by atoms with van der Waals surface area (Å²) in [7, 11) is 1.49. The Morgan fingerprint density at radius 1 is 0.968 bits per heavy atom. The zero-order chi connectivity index (χ0) is 21.8. The highest BCUT2D eigenvalue weighted by Crippen LogP contribution is 2.22. The maximum Gasteiger partial charge on any atom is 0.316 e. The van der Waals surface area contributed by atoms with Gasteiger partial charge < -0.3 is 9.47 Å². The molecule has 0 saturated heterocycles. The summed E-state index contributed by atoms with van der Waals surface area (Å²) in [5.74, 6) is 0.304. The normalized spacial score (nSPS) is 11.0. The molecule has 0 saturated carbocycles. The molecule has 3 aromatic heterocycles. The number of hydrogen-bond donors (Lipinski definition) is 0. The molecule has 158 valence electrons. The van der Waals surface area contributed by atoms with E-state index in [9.17, 15) is 8.78 Å². The summed E-state index contributed by atoms with van der Waals surface area (Å²) in [6.45, 7) is 1.91. The van der Waals surface area contributed by atoms with E-state index < -0.39 is 6.43 Å². The van der Waals surface area contributed by atoms with Crippen molar-refractivity contribution in [3.05, 3.63) is 65.7 Å². The zero-order valence-corrected chi connectivity index (χ0v) is 16.6. The Kier molecular flexibility index (Phi) is 5.74. The smallest absolute Gasteiger partial charge is 0.316 e. The van der Waals surface area contributed by atoms with Crippen molar-refractivity contribution in [2.45, 2.75) is 20.0 Å². The highest BCUT2D eigenvalue weighted by Gasteiger charge is 2.14. The van der Waals surface area contributed by atoms with Gasteiger partial charge in [0.1, 0.15) is 12.3 Å². The summed E-state index contributed by atoms with van der Waals surface area (Å²) < 4.78 is 37.8. The fourth-order valence-electron chi connectivity index (χ4n) is 2.76. The van der Waals surface area contributed by atoms with Crippen molar-refractivity contribution in [3.8, 4) is 28.8 Å². The van der Waals surface area contributed by atoms with E-state index in [1.807, 2.05) is 0 Å². The van der Waals surface area contributed by atoms with Gasteiger partial charge in [-0.25, -0.2) is 23.4 Å². The molecule has 0 atom stereocenters. The van der Waals surface area contributed by atoms with Crippen LogP contribution in [0.3, 0.4) is 0 Å². The molecule has 9 nitrogen and oxygen atoms in total. The first-order valence-electron chi connectivity index (χ1n) is 9.17. The van der Waals surface area contributed by atoms with Gasteiger partial charge in [0.15, 0.2) is 0 Å². The van der Waals surface area contributed by atoms with E-state index in [0.29, 0.717) is 34.2 Å². The lowest BCUT2D eigenvalue weighted by Crippen LogP contribution is -2.08. The molecule has 0 unspecified atom stereocenters. The van der Waals surface area contributed by atoms with Gasteiger partial charge in [0.2, 0.25) is 5.88 Å². The Morgan fingerprint density at radius 2 is 1.71 bits per heavy atom. The lowest BCUT2D eigenvalue weighted by Gasteiger charge is -2.09. The van der Waals surface area contributed by atoms with Crippen molar-refractivity contribution in [2.24, 2.45) is 0 Å². The molecule has 0 aliphatic rings. The molecule has 3 heterocycles. The van der Waals surface area contributed by atoms with Gasteiger partial charge in [-0.1, -0.05) is 17.3 Å². The van der Waals surface area contributed by atoms with E-state index in [2.05, 4.69) is 30.5 Å². The fourth-order valence-corrected chi connectivity index (χ4v) is 2.76. The molecule has 1 aromatic carbocycles. The Hall–Kier alpha value is -4.02. The Morgan fingerprint density at radius 3 is 2.32 bits per heavy atom. The minimum absolute atomic E-state index is 0.0592. The first kappa shape index (κ1) is 20.3. The number of rotatable bonds is 7. The van der Waals surface area contributed by atoms with Crippen LogP contribution >= 0.6 is 0 Å². The number of aromatic nitrogens is 7. The van der Waals surface area contributed by atoms with E-state index in [1.54, 1.807) is 48.3 Å². The molecule has 4 rings (SSSR count). The Balaban J connectivity index is 1.47. The topological polar surface area (TPSA) is 101 Å². The monoisotopic (exact) mass is 425 g/mol. The second kappa shape index (κ2) is 8.78. The van der Waals surface area contributed by atoms with E-state index in [1.165, 1.54) is 19.2 Å². The maximum absolute atomic E-state index is 12.8. The van der Waals surface area contributed by atoms with Gasteiger partial charge in [-0.05, 0) is 25.1 Å². The summed E-state index contributed by atoms with van der Waals surface area (Å²) >= 11 is 0. The highest BCUT2D eigenvalue weighted by molar-refractivity contribution is 5.56. The summed E-state index contributed by atoms with van der Waals surface area (Å²) in [5.41, 5.74) is 3.12. The number of aryl methyl sites for hydroxylation is 1. The van der Waals surface area contributed by atoms with Gasteiger partial charge >= 0.3 is 6.01 Å². The number of halogens is 2. The first-order chi connectivity index (χ1) is 15.0. The van der Waals surface area contributed by atoms with E-state index in [-0.39, 0.29) is 18.2 Å². The van der Waals surface area contributed by atoms with Crippen LogP contribution in [0.2, 0.25) is 0 Å². The molecule has 0 amide bonds. The number of nitrogens with zero attached hydrogens (tertiary/aromatic N) is 7. The van der Waals surface area contributed by atoms with Crippen LogP contribution in [0.15, 0.2) is 48.8 Å². The lowest BCUT2D eigenvalue weighted by atomic mass is 10.2. The van der Waals surface area contributed by atoms with Crippen LogP contribution in [0, 0.1) is 6.92 Å². The van der Waals surface area contributed by atoms with Gasteiger partial charge in [0.05, 0.1) is 24.2 Å². The van der Waals surface area contributed by atoms with Gasteiger partial charge in [0.25, 0.3) is 6.43 Å².